The Labute approximate surface area is 79.0 Å². The summed E-state index contributed by atoms with van der Waals surface area (Å²) in [6.45, 7) is 0. The molecule has 0 heterocycles. The Hall–Kier alpha value is 0.683. The third kappa shape index (κ3) is 1.80. The fourth-order valence-corrected chi connectivity index (χ4v) is 2.22. The van der Waals surface area contributed by atoms with E-state index >= 15 is 0 Å². The van der Waals surface area contributed by atoms with Crippen LogP contribution in [0.15, 0.2) is 18.2 Å². The van der Waals surface area contributed by atoms with Gasteiger partial charge >= 0.3 is 79.4 Å². The first-order valence-corrected chi connectivity index (χ1v) is 5.41. The summed E-state index contributed by atoms with van der Waals surface area (Å²) in [7, 11) is 0. The van der Waals surface area contributed by atoms with Crippen molar-refractivity contribution in [2.75, 3.05) is 0 Å². The molecule has 1 aromatic rings. The number of halogens is 2. The summed E-state index contributed by atoms with van der Waals surface area (Å²) in [5.41, 5.74) is 0. The Balaban J connectivity index is 3.25. The predicted molar refractivity (Wildman–Crippen MR) is 44.6 cm³/mol. The van der Waals surface area contributed by atoms with E-state index in [1.807, 2.05) is 12.1 Å². The molecule has 0 saturated carbocycles. The molecule has 0 atom stereocenters. The zero-order valence-corrected chi connectivity index (χ0v) is 10.6. The molecule has 0 bridgehead atoms. The normalized spacial score (nSPS) is 9.67. The zero-order valence-electron chi connectivity index (χ0n) is 4.57. The van der Waals surface area contributed by atoms with Crippen LogP contribution in [0.5, 0.6) is 0 Å². The van der Waals surface area contributed by atoms with Crippen LogP contribution in [0.4, 0.5) is 0 Å². The minimum atomic E-state index is 0.664. The summed E-state index contributed by atoms with van der Waals surface area (Å²) >= 11 is 12.3. The molecule has 1 aromatic carbocycles. The van der Waals surface area contributed by atoms with Crippen molar-refractivity contribution >= 4 is 51.2 Å². The fraction of sp³-hybridized carbons (Fsp3) is 0. The monoisotopic (exact) mass is 356 g/mol. The summed E-state index contributed by atoms with van der Waals surface area (Å²) < 4.78 is 1.18. The molecule has 0 spiro atoms. The molecule has 0 nitrogen and oxygen atoms in total. The standard InChI is InChI=1S/C6H3Cl2.Bi.2H/c7-5-3-1-2-4-6(5)8;;;/h1-3H;;;. The van der Waals surface area contributed by atoms with Gasteiger partial charge in [-0.25, -0.2) is 0 Å². The Morgan fingerprint density at radius 2 is 1.89 bits per heavy atom. The number of hydrogen-bond donors (Lipinski definition) is 0. The zero-order chi connectivity index (χ0) is 6.85. The Bertz CT molecular complexity index is 202. The van der Waals surface area contributed by atoms with Crippen molar-refractivity contribution < 1.29 is 0 Å². The molecular formula is C6H5BiCl2. The first kappa shape index (κ1) is 7.79. The number of rotatable bonds is 0. The van der Waals surface area contributed by atoms with Crippen molar-refractivity contribution in [3.8, 4) is 0 Å². The van der Waals surface area contributed by atoms with Gasteiger partial charge in [-0.05, 0) is 0 Å². The second kappa shape index (κ2) is 3.19. The molecule has 3 heteroatoms. The van der Waals surface area contributed by atoms with E-state index in [0.29, 0.717) is 5.02 Å². The molecule has 0 radical (unpaired) electrons. The van der Waals surface area contributed by atoms with Crippen molar-refractivity contribution in [1.82, 2.24) is 0 Å². The molecule has 0 aliphatic carbocycles. The van der Waals surface area contributed by atoms with Crippen LogP contribution in [0, 0.1) is 0 Å². The molecule has 1 rings (SSSR count). The molecule has 9 heavy (non-hydrogen) atoms. The molecule has 0 aliphatic heterocycles. The third-order valence-electron chi connectivity index (χ3n) is 0.981. The van der Waals surface area contributed by atoms with Crippen molar-refractivity contribution in [2.45, 2.75) is 0 Å². The van der Waals surface area contributed by atoms with Crippen LogP contribution in [0.1, 0.15) is 0 Å². The van der Waals surface area contributed by atoms with Gasteiger partial charge in [-0.2, -0.15) is 0 Å². The van der Waals surface area contributed by atoms with E-state index < -0.39 is 0 Å². The van der Waals surface area contributed by atoms with E-state index in [2.05, 4.69) is 0 Å². The van der Waals surface area contributed by atoms with Crippen molar-refractivity contribution in [2.24, 2.45) is 0 Å². The molecule has 0 fully saturated rings. The van der Waals surface area contributed by atoms with E-state index in [-0.39, 0.29) is 0 Å². The topological polar surface area (TPSA) is 0 Å². The van der Waals surface area contributed by atoms with Gasteiger partial charge in [0.25, 0.3) is 0 Å². The molecule has 48 valence electrons. The van der Waals surface area contributed by atoms with Crippen LogP contribution in [0.2, 0.25) is 10.0 Å². The maximum atomic E-state index is 5.79. The van der Waals surface area contributed by atoms with Gasteiger partial charge in [-0.1, -0.05) is 0 Å². The van der Waals surface area contributed by atoms with E-state index in [9.17, 15) is 0 Å². The molecular weight excluding hydrogens is 352 g/mol. The molecule has 0 aliphatic rings. The van der Waals surface area contributed by atoms with Crippen LogP contribution < -0.4 is 3.27 Å². The van der Waals surface area contributed by atoms with E-state index in [0.717, 1.165) is 29.7 Å². The average molecular weight is 357 g/mol. The first-order valence-electron chi connectivity index (χ1n) is 2.41. The van der Waals surface area contributed by atoms with Gasteiger partial charge in [-0.3, -0.25) is 0 Å². The Kier molecular flexibility index (Phi) is 2.76. The fourth-order valence-electron chi connectivity index (χ4n) is 0.520. The molecule has 0 N–H and O–H groups in total. The van der Waals surface area contributed by atoms with Crippen LogP contribution in [0.3, 0.4) is 0 Å². The van der Waals surface area contributed by atoms with Crippen LogP contribution >= 0.6 is 23.2 Å². The van der Waals surface area contributed by atoms with E-state index in [1.54, 1.807) is 6.07 Å². The SMILES string of the molecule is Clc1ccc[c]([BiH2])c1Cl. The van der Waals surface area contributed by atoms with Crippen LogP contribution in [-0.2, 0) is 0 Å². The summed E-state index contributed by atoms with van der Waals surface area (Å²) in [6.07, 6.45) is 0. The summed E-state index contributed by atoms with van der Waals surface area (Å²) in [6, 6.07) is 5.72. The molecule has 0 aromatic heterocycles. The van der Waals surface area contributed by atoms with Gasteiger partial charge in [-0.15, -0.1) is 0 Å². The molecule has 0 amide bonds. The number of benzene rings is 1. The van der Waals surface area contributed by atoms with Crippen LogP contribution in [-0.4, -0.2) is 24.7 Å². The Morgan fingerprint density at radius 1 is 1.22 bits per heavy atom. The van der Waals surface area contributed by atoms with Crippen molar-refractivity contribution in [3.05, 3.63) is 28.2 Å². The van der Waals surface area contributed by atoms with Crippen molar-refractivity contribution in [3.63, 3.8) is 0 Å². The summed E-state index contributed by atoms with van der Waals surface area (Å²) in [4.78, 5) is 0. The van der Waals surface area contributed by atoms with Gasteiger partial charge in [0.1, 0.15) is 0 Å². The van der Waals surface area contributed by atoms with Crippen LogP contribution in [0.25, 0.3) is 0 Å². The second-order valence-electron chi connectivity index (χ2n) is 1.64. The summed E-state index contributed by atoms with van der Waals surface area (Å²) in [5.74, 6) is 0. The van der Waals surface area contributed by atoms with E-state index in [4.69, 9.17) is 23.2 Å². The maximum absolute atomic E-state index is 5.79. The Morgan fingerprint density at radius 3 is 2.33 bits per heavy atom. The summed E-state index contributed by atoms with van der Waals surface area (Å²) in [5, 5.41) is 1.39. The molecule has 0 saturated heterocycles. The van der Waals surface area contributed by atoms with Gasteiger partial charge in [0, 0.05) is 0 Å². The number of hydrogen-bond acceptors (Lipinski definition) is 0. The van der Waals surface area contributed by atoms with Gasteiger partial charge in [0.2, 0.25) is 0 Å². The minimum absolute atomic E-state index is 0.664. The average Bonchev–Trinajstić information content (AvgIpc) is 1.83. The van der Waals surface area contributed by atoms with Gasteiger partial charge in [0.15, 0.2) is 0 Å². The quantitative estimate of drug-likeness (QED) is 0.614. The van der Waals surface area contributed by atoms with Gasteiger partial charge in [0.05, 0.1) is 0 Å². The predicted octanol–water partition coefficient (Wildman–Crippen LogP) is 1.25. The van der Waals surface area contributed by atoms with E-state index in [1.165, 1.54) is 3.27 Å². The third-order valence-corrected chi connectivity index (χ3v) is 4.40. The van der Waals surface area contributed by atoms with Gasteiger partial charge < -0.3 is 0 Å². The molecule has 0 unspecified atom stereocenters. The van der Waals surface area contributed by atoms with Crippen molar-refractivity contribution in [1.29, 1.82) is 0 Å². The second-order valence-corrected chi connectivity index (χ2v) is 4.85. The first-order chi connectivity index (χ1) is 4.22.